The first-order chi connectivity index (χ1) is 16.5. The Kier molecular flexibility index (Phi) is 5.18. The zero-order valence-corrected chi connectivity index (χ0v) is 21.7. The second-order valence-corrected chi connectivity index (χ2v) is 11.1. The summed E-state index contributed by atoms with van der Waals surface area (Å²) >= 11 is 3.72. The molecule has 0 spiro atoms. The van der Waals surface area contributed by atoms with Gasteiger partial charge < -0.3 is 4.57 Å². The number of fused-ring (bicyclic) bond motifs is 6. The van der Waals surface area contributed by atoms with Gasteiger partial charge in [-0.3, -0.25) is 0 Å². The van der Waals surface area contributed by atoms with E-state index < -0.39 is 0 Å². The number of para-hydroxylation sites is 1. The summed E-state index contributed by atoms with van der Waals surface area (Å²) in [6.45, 7) is 7.04. The fraction of sp³-hybridized carbons (Fsp3) is 0.250. The normalized spacial score (nSPS) is 14.0. The average molecular weight is 509 g/mol. The van der Waals surface area contributed by atoms with Crippen molar-refractivity contribution in [2.45, 2.75) is 51.9 Å². The standard InChI is InChI=1S/C32H30BrN/c1-4-5-7-10-21-13-15-28-24(17-21)25-19-27-26-18-22(33)14-16-30(26)34(23-11-8-6-9-12-23)31(27)20-29(25)32(28,2)3/h6,8-9,11-20H,4-5,7,10H2,1-3H3. The Bertz CT molecular complexity index is 1540. The molecule has 1 heterocycles. The molecule has 0 saturated carbocycles. The van der Waals surface area contributed by atoms with E-state index >= 15 is 0 Å². The predicted octanol–water partition coefficient (Wildman–Crippen LogP) is 9.59. The molecule has 0 saturated heterocycles. The quantitative estimate of drug-likeness (QED) is 0.208. The van der Waals surface area contributed by atoms with E-state index in [1.54, 1.807) is 0 Å². The smallest absolute Gasteiger partial charge is 0.0544 e. The van der Waals surface area contributed by atoms with E-state index in [1.165, 1.54) is 81.0 Å². The summed E-state index contributed by atoms with van der Waals surface area (Å²) in [6.07, 6.45) is 5.00. The van der Waals surface area contributed by atoms with Crippen molar-refractivity contribution in [3.63, 3.8) is 0 Å². The lowest BCUT2D eigenvalue weighted by atomic mass is 9.82. The van der Waals surface area contributed by atoms with Crippen molar-refractivity contribution in [3.05, 3.63) is 100 Å². The predicted molar refractivity (Wildman–Crippen MR) is 149 cm³/mol. The van der Waals surface area contributed by atoms with Gasteiger partial charge in [-0.2, -0.15) is 0 Å². The number of rotatable bonds is 5. The number of unbranched alkanes of at least 4 members (excludes halogenated alkanes) is 2. The van der Waals surface area contributed by atoms with Gasteiger partial charge in [0, 0.05) is 26.3 Å². The number of hydrogen-bond donors (Lipinski definition) is 0. The fourth-order valence-electron chi connectivity index (χ4n) is 5.87. The van der Waals surface area contributed by atoms with E-state index in [2.05, 4.69) is 120 Å². The van der Waals surface area contributed by atoms with Crippen LogP contribution < -0.4 is 0 Å². The highest BCUT2D eigenvalue weighted by molar-refractivity contribution is 9.10. The largest absolute Gasteiger partial charge is 0.309 e. The van der Waals surface area contributed by atoms with Gasteiger partial charge in [-0.05, 0) is 83.1 Å². The third-order valence-electron chi connectivity index (χ3n) is 7.67. The third-order valence-corrected chi connectivity index (χ3v) is 8.16. The summed E-state index contributed by atoms with van der Waals surface area (Å²) in [7, 11) is 0. The first kappa shape index (κ1) is 21.7. The molecule has 1 aliphatic rings. The summed E-state index contributed by atoms with van der Waals surface area (Å²) in [6, 6.07) is 29.5. The third kappa shape index (κ3) is 3.26. The van der Waals surface area contributed by atoms with Crippen molar-refractivity contribution < 1.29 is 0 Å². The lowest BCUT2D eigenvalue weighted by Gasteiger charge is -2.22. The molecule has 4 aromatic carbocycles. The van der Waals surface area contributed by atoms with Crippen LogP contribution in [0.1, 0.15) is 56.7 Å². The van der Waals surface area contributed by atoms with Crippen LogP contribution in [-0.2, 0) is 11.8 Å². The number of nitrogens with zero attached hydrogens (tertiary/aromatic N) is 1. The van der Waals surface area contributed by atoms with Gasteiger partial charge in [0.2, 0.25) is 0 Å². The highest BCUT2D eigenvalue weighted by atomic mass is 79.9. The molecular formula is C32H30BrN. The minimum atomic E-state index is -0.0145. The number of aromatic nitrogens is 1. The number of aryl methyl sites for hydroxylation is 1. The first-order valence-electron chi connectivity index (χ1n) is 12.5. The van der Waals surface area contributed by atoms with Gasteiger partial charge in [-0.25, -0.2) is 0 Å². The van der Waals surface area contributed by atoms with E-state index in [9.17, 15) is 0 Å². The summed E-state index contributed by atoms with van der Waals surface area (Å²) < 4.78 is 3.54. The molecule has 0 atom stereocenters. The minimum Gasteiger partial charge on any atom is -0.309 e. The first-order valence-corrected chi connectivity index (χ1v) is 13.3. The van der Waals surface area contributed by atoms with Crippen LogP contribution >= 0.6 is 15.9 Å². The molecule has 0 N–H and O–H groups in total. The highest BCUT2D eigenvalue weighted by Crippen LogP contribution is 2.51. The van der Waals surface area contributed by atoms with Crippen LogP contribution in [0.15, 0.2) is 83.3 Å². The molecule has 5 aromatic rings. The van der Waals surface area contributed by atoms with Crippen LogP contribution in [0.5, 0.6) is 0 Å². The summed E-state index contributed by atoms with van der Waals surface area (Å²) in [4.78, 5) is 0. The molecule has 2 heteroatoms. The van der Waals surface area contributed by atoms with Crippen molar-refractivity contribution >= 4 is 37.7 Å². The van der Waals surface area contributed by atoms with Crippen LogP contribution in [0, 0.1) is 0 Å². The van der Waals surface area contributed by atoms with Crippen LogP contribution in [0.25, 0.3) is 38.6 Å². The zero-order valence-electron chi connectivity index (χ0n) is 20.2. The molecule has 0 fully saturated rings. The Balaban J connectivity index is 1.63. The Hall–Kier alpha value is -2.84. The summed E-state index contributed by atoms with van der Waals surface area (Å²) in [5.74, 6) is 0. The van der Waals surface area contributed by atoms with Crippen molar-refractivity contribution in [2.75, 3.05) is 0 Å². The number of benzene rings is 4. The summed E-state index contributed by atoms with van der Waals surface area (Å²) in [5.41, 5.74) is 10.9. The molecule has 0 bridgehead atoms. The van der Waals surface area contributed by atoms with Gasteiger partial charge in [0.25, 0.3) is 0 Å². The Morgan fingerprint density at radius 3 is 2.29 bits per heavy atom. The van der Waals surface area contributed by atoms with E-state index in [4.69, 9.17) is 0 Å². The van der Waals surface area contributed by atoms with E-state index in [0.717, 1.165) is 4.47 Å². The second-order valence-electron chi connectivity index (χ2n) is 10.2. The van der Waals surface area contributed by atoms with Crippen LogP contribution in [-0.4, -0.2) is 4.57 Å². The van der Waals surface area contributed by atoms with Gasteiger partial charge in [-0.15, -0.1) is 0 Å². The summed E-state index contributed by atoms with van der Waals surface area (Å²) in [5, 5.41) is 2.61. The van der Waals surface area contributed by atoms with E-state index in [0.29, 0.717) is 0 Å². The Labute approximate surface area is 210 Å². The van der Waals surface area contributed by atoms with Gasteiger partial charge in [0.15, 0.2) is 0 Å². The lowest BCUT2D eigenvalue weighted by Crippen LogP contribution is -2.15. The maximum atomic E-state index is 3.72. The topological polar surface area (TPSA) is 4.93 Å². The molecular weight excluding hydrogens is 478 g/mol. The average Bonchev–Trinajstić information content (AvgIpc) is 3.27. The maximum Gasteiger partial charge on any atom is 0.0544 e. The monoisotopic (exact) mass is 507 g/mol. The maximum absolute atomic E-state index is 3.72. The molecule has 6 rings (SSSR count). The molecule has 0 amide bonds. The molecule has 170 valence electrons. The van der Waals surface area contributed by atoms with E-state index in [1.807, 2.05) is 0 Å². The molecule has 0 unspecified atom stereocenters. The molecule has 34 heavy (non-hydrogen) atoms. The lowest BCUT2D eigenvalue weighted by molar-refractivity contribution is 0.660. The SMILES string of the molecule is CCCCCc1ccc2c(c1)-c1cc3c4cc(Br)ccc4n(-c4ccccc4)c3cc1C2(C)C. The van der Waals surface area contributed by atoms with Gasteiger partial charge in [-0.1, -0.05) is 85.9 Å². The molecule has 0 radical (unpaired) electrons. The van der Waals surface area contributed by atoms with Crippen molar-refractivity contribution in [1.82, 2.24) is 4.57 Å². The fourth-order valence-corrected chi connectivity index (χ4v) is 6.23. The molecule has 1 aliphatic carbocycles. The number of halogens is 1. The number of hydrogen-bond acceptors (Lipinski definition) is 0. The van der Waals surface area contributed by atoms with Crippen LogP contribution in [0.4, 0.5) is 0 Å². The Morgan fingerprint density at radius 2 is 1.50 bits per heavy atom. The highest BCUT2D eigenvalue weighted by Gasteiger charge is 2.36. The van der Waals surface area contributed by atoms with Gasteiger partial charge >= 0.3 is 0 Å². The van der Waals surface area contributed by atoms with Crippen molar-refractivity contribution in [2.24, 2.45) is 0 Å². The second kappa shape index (κ2) is 8.13. The minimum absolute atomic E-state index is 0.0145. The van der Waals surface area contributed by atoms with Gasteiger partial charge in [0.1, 0.15) is 0 Å². The molecule has 1 nitrogen and oxygen atoms in total. The molecule has 0 aliphatic heterocycles. The zero-order chi connectivity index (χ0) is 23.4. The Morgan fingerprint density at radius 1 is 0.735 bits per heavy atom. The van der Waals surface area contributed by atoms with Gasteiger partial charge in [0.05, 0.1) is 11.0 Å². The van der Waals surface area contributed by atoms with E-state index in [-0.39, 0.29) is 5.41 Å². The van der Waals surface area contributed by atoms with Crippen LogP contribution in [0.2, 0.25) is 0 Å². The van der Waals surface area contributed by atoms with Crippen molar-refractivity contribution in [3.8, 4) is 16.8 Å². The van der Waals surface area contributed by atoms with Crippen molar-refractivity contribution in [1.29, 1.82) is 0 Å². The molecule has 1 aromatic heterocycles. The van der Waals surface area contributed by atoms with Crippen LogP contribution in [0.3, 0.4) is 0 Å².